The van der Waals surface area contributed by atoms with Crippen LogP contribution in [0.15, 0.2) is 24.3 Å². The molecule has 1 heterocycles. The van der Waals surface area contributed by atoms with Crippen LogP contribution in [0.3, 0.4) is 0 Å². The topological polar surface area (TPSA) is 90.5 Å². The maximum atomic E-state index is 12.2. The minimum absolute atomic E-state index is 0.0795. The number of carbonyl (C=O) groups is 1. The molecule has 1 amide bonds. The number of amides is 1. The quantitative estimate of drug-likeness (QED) is 0.686. The van der Waals surface area contributed by atoms with Crippen LogP contribution < -0.4 is 15.4 Å². The molecular weight excluding hydrogens is 292 g/mol. The Morgan fingerprint density at radius 3 is 2.43 bits per heavy atom. The van der Waals surface area contributed by atoms with E-state index in [1.54, 1.807) is 31.3 Å². The molecule has 0 unspecified atom stereocenters. The summed E-state index contributed by atoms with van der Waals surface area (Å²) in [5.41, 5.74) is 1.33. The van der Waals surface area contributed by atoms with Gasteiger partial charge in [-0.15, -0.1) is 0 Å². The minimum atomic E-state index is -3.51. The largest absolute Gasteiger partial charge is 0.359 e. The summed E-state index contributed by atoms with van der Waals surface area (Å²) in [5.74, 6) is -0.0795. The summed E-state index contributed by atoms with van der Waals surface area (Å²) < 4.78 is 28.3. The molecule has 1 aliphatic rings. The molecule has 0 spiro atoms. The molecule has 0 radical (unpaired) electrons. The lowest BCUT2D eigenvalue weighted by Gasteiger charge is -2.26. The molecule has 1 saturated heterocycles. The van der Waals surface area contributed by atoms with E-state index in [0.717, 1.165) is 5.56 Å². The summed E-state index contributed by atoms with van der Waals surface area (Å²) in [6.45, 7) is 2.24. The lowest BCUT2D eigenvalue weighted by molar-refractivity contribution is -0.119. The van der Waals surface area contributed by atoms with Crippen LogP contribution in [0.2, 0.25) is 0 Å². The number of carbonyl (C=O) groups excluding carboxylic acids is 1. The Kier molecular flexibility index (Phi) is 5.16. The number of likely N-dealkylation sites (N-methyl/N-ethyl adjacent to an activating group) is 1. The third kappa shape index (κ3) is 4.42. The number of anilines is 1. The predicted molar refractivity (Wildman–Crippen MR) is 81.2 cm³/mol. The molecule has 21 heavy (non-hydrogen) atoms. The Morgan fingerprint density at radius 2 is 1.86 bits per heavy atom. The molecule has 3 N–H and O–H groups in total. The highest BCUT2D eigenvalue weighted by molar-refractivity contribution is 7.90. The van der Waals surface area contributed by atoms with Crippen molar-refractivity contribution in [2.24, 2.45) is 0 Å². The summed E-state index contributed by atoms with van der Waals surface area (Å²) in [6.07, 6.45) is 0.279. The molecule has 0 atom stereocenters. The highest BCUT2D eigenvalue weighted by Crippen LogP contribution is 2.14. The standard InChI is InChI=1S/C13H20N4O3S/c1-14-13(18)10-11-2-4-12(5-3-11)16-21(19,20)17-8-6-15-7-9-17/h2-5,15-16H,6-10H2,1H3,(H,14,18). The van der Waals surface area contributed by atoms with Crippen molar-refractivity contribution in [1.29, 1.82) is 0 Å². The summed E-state index contributed by atoms with van der Waals surface area (Å²) in [7, 11) is -1.93. The Labute approximate surface area is 124 Å². The van der Waals surface area contributed by atoms with Crippen LogP contribution >= 0.6 is 0 Å². The van der Waals surface area contributed by atoms with Crippen molar-refractivity contribution in [3.05, 3.63) is 29.8 Å². The van der Waals surface area contributed by atoms with E-state index in [4.69, 9.17) is 0 Å². The van der Waals surface area contributed by atoms with Gasteiger partial charge in [-0.2, -0.15) is 12.7 Å². The van der Waals surface area contributed by atoms with Crippen LogP contribution in [-0.4, -0.2) is 51.9 Å². The number of rotatable bonds is 5. The van der Waals surface area contributed by atoms with Crippen molar-refractivity contribution >= 4 is 21.8 Å². The van der Waals surface area contributed by atoms with Gasteiger partial charge in [-0.25, -0.2) is 0 Å². The zero-order chi connectivity index (χ0) is 15.3. The van der Waals surface area contributed by atoms with Crippen LogP contribution in [0.25, 0.3) is 0 Å². The van der Waals surface area contributed by atoms with Crippen molar-refractivity contribution in [3.8, 4) is 0 Å². The third-order valence-electron chi connectivity index (χ3n) is 3.26. The first kappa shape index (κ1) is 15.7. The number of piperazine rings is 1. The van der Waals surface area contributed by atoms with E-state index in [-0.39, 0.29) is 12.3 Å². The lowest BCUT2D eigenvalue weighted by atomic mass is 10.1. The van der Waals surface area contributed by atoms with Crippen molar-refractivity contribution in [2.45, 2.75) is 6.42 Å². The molecule has 1 fully saturated rings. The molecule has 0 aliphatic carbocycles. The fraction of sp³-hybridized carbons (Fsp3) is 0.462. The van der Waals surface area contributed by atoms with Crippen LogP contribution in [0.5, 0.6) is 0 Å². The van der Waals surface area contributed by atoms with Gasteiger partial charge >= 0.3 is 10.2 Å². The average Bonchev–Trinajstić information content (AvgIpc) is 2.50. The van der Waals surface area contributed by atoms with Gasteiger partial charge < -0.3 is 10.6 Å². The van der Waals surface area contributed by atoms with Crippen LogP contribution in [0.1, 0.15) is 5.56 Å². The lowest BCUT2D eigenvalue weighted by Crippen LogP contribution is -2.48. The van der Waals surface area contributed by atoms with Crippen LogP contribution in [0, 0.1) is 0 Å². The van der Waals surface area contributed by atoms with E-state index < -0.39 is 10.2 Å². The smallest absolute Gasteiger partial charge is 0.301 e. The van der Waals surface area contributed by atoms with E-state index in [1.165, 1.54) is 4.31 Å². The molecule has 1 aliphatic heterocycles. The van der Waals surface area contributed by atoms with E-state index in [1.807, 2.05) is 0 Å². The number of hydrogen-bond donors (Lipinski definition) is 3. The van der Waals surface area contributed by atoms with Gasteiger partial charge in [0.25, 0.3) is 0 Å². The van der Waals surface area contributed by atoms with Crippen LogP contribution in [-0.2, 0) is 21.4 Å². The van der Waals surface area contributed by atoms with E-state index in [0.29, 0.717) is 31.9 Å². The number of nitrogens with zero attached hydrogens (tertiary/aromatic N) is 1. The third-order valence-corrected chi connectivity index (χ3v) is 4.80. The molecule has 8 heteroatoms. The summed E-state index contributed by atoms with van der Waals surface area (Å²) >= 11 is 0. The Hall–Kier alpha value is -1.64. The van der Waals surface area contributed by atoms with E-state index >= 15 is 0 Å². The van der Waals surface area contributed by atoms with Crippen LogP contribution in [0.4, 0.5) is 5.69 Å². The molecule has 7 nitrogen and oxygen atoms in total. The van der Waals surface area contributed by atoms with Crippen molar-refractivity contribution in [2.75, 3.05) is 37.9 Å². The van der Waals surface area contributed by atoms with Gasteiger partial charge in [0.05, 0.1) is 6.42 Å². The second-order valence-corrected chi connectivity index (χ2v) is 6.47. The number of nitrogens with one attached hydrogen (secondary N) is 3. The van der Waals surface area contributed by atoms with Crippen molar-refractivity contribution in [3.63, 3.8) is 0 Å². The second kappa shape index (κ2) is 6.88. The first-order valence-electron chi connectivity index (χ1n) is 6.79. The van der Waals surface area contributed by atoms with Gasteiger partial charge in [-0.3, -0.25) is 9.52 Å². The molecule has 0 saturated carbocycles. The van der Waals surface area contributed by atoms with Gasteiger partial charge in [0.15, 0.2) is 0 Å². The summed E-state index contributed by atoms with van der Waals surface area (Å²) in [4.78, 5) is 11.3. The average molecular weight is 312 g/mol. The van der Waals surface area contributed by atoms with Gasteiger partial charge in [0.2, 0.25) is 5.91 Å². The van der Waals surface area contributed by atoms with Gasteiger partial charge in [0.1, 0.15) is 0 Å². The van der Waals surface area contributed by atoms with Crippen molar-refractivity contribution in [1.82, 2.24) is 14.9 Å². The highest BCUT2D eigenvalue weighted by Gasteiger charge is 2.23. The second-order valence-electron chi connectivity index (χ2n) is 4.80. The fourth-order valence-corrected chi connectivity index (χ4v) is 3.29. The molecule has 1 aromatic carbocycles. The predicted octanol–water partition coefficient (Wildman–Crippen LogP) is -0.463. The molecule has 0 bridgehead atoms. The molecule has 116 valence electrons. The van der Waals surface area contributed by atoms with Gasteiger partial charge in [0, 0.05) is 38.9 Å². The zero-order valence-electron chi connectivity index (χ0n) is 11.9. The Balaban J connectivity index is 2.00. The number of benzene rings is 1. The van der Waals surface area contributed by atoms with E-state index in [9.17, 15) is 13.2 Å². The fourth-order valence-electron chi connectivity index (χ4n) is 2.06. The molecule has 2 rings (SSSR count). The minimum Gasteiger partial charge on any atom is -0.359 e. The molecule has 1 aromatic rings. The summed E-state index contributed by atoms with van der Waals surface area (Å²) in [5, 5.41) is 5.66. The maximum absolute atomic E-state index is 12.2. The Morgan fingerprint density at radius 1 is 1.24 bits per heavy atom. The SMILES string of the molecule is CNC(=O)Cc1ccc(NS(=O)(=O)N2CCNCC2)cc1. The zero-order valence-corrected chi connectivity index (χ0v) is 12.7. The number of hydrogen-bond acceptors (Lipinski definition) is 4. The Bertz CT molecular complexity index is 580. The normalized spacial score (nSPS) is 16.4. The first-order valence-corrected chi connectivity index (χ1v) is 8.23. The highest BCUT2D eigenvalue weighted by atomic mass is 32.2. The maximum Gasteiger partial charge on any atom is 0.301 e. The first-order chi connectivity index (χ1) is 10.0. The summed E-state index contributed by atoms with van der Waals surface area (Å²) in [6, 6.07) is 6.81. The van der Waals surface area contributed by atoms with Gasteiger partial charge in [-0.1, -0.05) is 12.1 Å². The van der Waals surface area contributed by atoms with E-state index in [2.05, 4.69) is 15.4 Å². The van der Waals surface area contributed by atoms with Gasteiger partial charge in [-0.05, 0) is 17.7 Å². The monoisotopic (exact) mass is 312 g/mol. The molecule has 0 aromatic heterocycles. The van der Waals surface area contributed by atoms with Crippen molar-refractivity contribution < 1.29 is 13.2 Å². The molecular formula is C13H20N4O3S.